The second-order valence-corrected chi connectivity index (χ2v) is 16.1. The summed E-state index contributed by atoms with van der Waals surface area (Å²) in [4.78, 5) is 16.7. The predicted molar refractivity (Wildman–Crippen MR) is 250 cm³/mol. The molecule has 12 aromatic rings. The summed E-state index contributed by atoms with van der Waals surface area (Å²) in [5, 5.41) is 11.0. The molecule has 0 aliphatic carbocycles. The summed E-state index contributed by atoms with van der Waals surface area (Å²) < 4.78 is 1.18. The molecule has 0 saturated heterocycles. The highest BCUT2D eigenvalue weighted by Crippen LogP contribution is 2.51. The molecule has 0 fully saturated rings. The second-order valence-electron chi connectivity index (χ2n) is 15.1. The average Bonchev–Trinajstić information content (AvgIpc) is 3.73. The van der Waals surface area contributed by atoms with Crippen molar-refractivity contribution in [2.75, 3.05) is 0 Å². The highest BCUT2D eigenvalue weighted by Gasteiger charge is 2.23. The third-order valence-electron chi connectivity index (χ3n) is 11.7. The Balaban J connectivity index is 1.13. The number of fused-ring (bicyclic) bond motifs is 10. The van der Waals surface area contributed by atoms with E-state index >= 15 is 0 Å². The fourth-order valence-electron chi connectivity index (χ4n) is 8.93. The molecule has 274 valence electrons. The molecule has 0 bridgehead atoms. The summed E-state index contributed by atoms with van der Waals surface area (Å²) >= 11 is 1.84. The van der Waals surface area contributed by atoms with Gasteiger partial charge in [0.15, 0.2) is 5.82 Å². The molecular formula is C55H33N3S. The summed E-state index contributed by atoms with van der Waals surface area (Å²) in [6.07, 6.45) is 0. The van der Waals surface area contributed by atoms with Crippen LogP contribution in [-0.2, 0) is 0 Å². The molecule has 0 N–H and O–H groups in total. The fraction of sp³-hybridized carbons (Fsp3) is 0. The Labute approximate surface area is 344 Å². The van der Waals surface area contributed by atoms with Gasteiger partial charge in [-0.1, -0.05) is 182 Å². The summed E-state index contributed by atoms with van der Waals surface area (Å²) in [6.45, 7) is 0. The van der Waals surface area contributed by atoms with E-state index in [1.807, 2.05) is 35.6 Å². The van der Waals surface area contributed by atoms with Crippen LogP contribution in [0.25, 0.3) is 120 Å². The molecule has 0 aliphatic rings. The fourth-order valence-corrected chi connectivity index (χ4v) is 10.3. The Kier molecular flexibility index (Phi) is 7.72. The molecule has 0 radical (unpaired) electrons. The van der Waals surface area contributed by atoms with Crippen LogP contribution in [0.3, 0.4) is 0 Å². The van der Waals surface area contributed by atoms with Crippen molar-refractivity contribution >= 4 is 75.5 Å². The lowest BCUT2D eigenvalue weighted by Crippen LogP contribution is -1.95. The third-order valence-corrected chi connectivity index (χ3v) is 12.9. The van der Waals surface area contributed by atoms with E-state index in [2.05, 4.69) is 176 Å². The van der Waals surface area contributed by atoms with E-state index in [4.69, 9.17) is 15.0 Å². The highest BCUT2D eigenvalue weighted by atomic mass is 32.1. The zero-order valence-corrected chi connectivity index (χ0v) is 32.6. The second kappa shape index (κ2) is 13.6. The van der Waals surface area contributed by atoms with Crippen LogP contribution in [0.15, 0.2) is 200 Å². The highest BCUT2D eigenvalue weighted by molar-refractivity contribution is 7.23. The minimum absolute atomic E-state index is 0.722. The van der Waals surface area contributed by atoms with Crippen LogP contribution in [0, 0.1) is 0 Å². The molecule has 0 amide bonds. The zero-order valence-electron chi connectivity index (χ0n) is 31.8. The first kappa shape index (κ1) is 33.6. The Morgan fingerprint density at radius 3 is 1.44 bits per heavy atom. The molecule has 0 unspecified atom stereocenters. The van der Waals surface area contributed by atoms with E-state index < -0.39 is 0 Å². The molecular weight excluding hydrogens is 735 g/mol. The molecule has 4 heteroatoms. The van der Waals surface area contributed by atoms with E-state index in [1.54, 1.807) is 0 Å². The Hall–Kier alpha value is -7.53. The topological polar surface area (TPSA) is 38.7 Å². The lowest BCUT2D eigenvalue weighted by atomic mass is 9.90. The van der Waals surface area contributed by atoms with Crippen LogP contribution in [-0.4, -0.2) is 15.0 Å². The molecule has 0 aliphatic heterocycles. The van der Waals surface area contributed by atoms with Gasteiger partial charge in [-0.3, -0.25) is 0 Å². The molecule has 3 heterocycles. The number of thiophene rings is 1. The molecule has 59 heavy (non-hydrogen) atoms. The molecule has 12 rings (SSSR count). The first-order chi connectivity index (χ1) is 29.3. The van der Waals surface area contributed by atoms with Gasteiger partial charge >= 0.3 is 0 Å². The monoisotopic (exact) mass is 767 g/mol. The molecule has 3 nitrogen and oxygen atoms in total. The van der Waals surface area contributed by atoms with Gasteiger partial charge in [-0.05, 0) is 61.6 Å². The van der Waals surface area contributed by atoms with Crippen molar-refractivity contribution in [1.82, 2.24) is 15.0 Å². The molecule has 3 aromatic heterocycles. The van der Waals surface area contributed by atoms with Gasteiger partial charge in [-0.25, -0.2) is 15.0 Å². The van der Waals surface area contributed by atoms with Crippen LogP contribution >= 0.6 is 11.3 Å². The first-order valence-electron chi connectivity index (χ1n) is 19.9. The third kappa shape index (κ3) is 5.45. The van der Waals surface area contributed by atoms with E-state index in [-0.39, 0.29) is 0 Å². The van der Waals surface area contributed by atoms with Crippen LogP contribution in [0.1, 0.15) is 0 Å². The van der Waals surface area contributed by atoms with Crippen molar-refractivity contribution in [3.05, 3.63) is 200 Å². The number of benzene rings is 9. The van der Waals surface area contributed by atoms with Gasteiger partial charge in [0.25, 0.3) is 0 Å². The normalized spacial score (nSPS) is 11.7. The van der Waals surface area contributed by atoms with Gasteiger partial charge in [0.1, 0.15) is 0 Å². The van der Waals surface area contributed by atoms with Crippen LogP contribution in [0.2, 0.25) is 0 Å². The lowest BCUT2D eigenvalue weighted by molar-refractivity contribution is 1.23. The van der Waals surface area contributed by atoms with Gasteiger partial charge in [-0.15, -0.1) is 11.3 Å². The van der Waals surface area contributed by atoms with Crippen molar-refractivity contribution in [3.63, 3.8) is 0 Å². The van der Waals surface area contributed by atoms with E-state index in [0.29, 0.717) is 0 Å². The Morgan fingerprint density at radius 1 is 0.305 bits per heavy atom. The number of rotatable bonds is 5. The zero-order chi connectivity index (χ0) is 38.9. The van der Waals surface area contributed by atoms with Crippen molar-refractivity contribution in [2.24, 2.45) is 0 Å². The van der Waals surface area contributed by atoms with Gasteiger partial charge in [0, 0.05) is 43.3 Å². The predicted octanol–water partition coefficient (Wildman–Crippen LogP) is 15.2. The summed E-state index contributed by atoms with van der Waals surface area (Å²) in [6, 6.07) is 71.5. The minimum Gasteiger partial charge on any atom is -0.246 e. The molecule has 0 atom stereocenters. The standard InChI is InChI=1S/C55H33N3S/c1-3-15-34(16-4-1)52-54-50(44-23-11-13-25-47(44)56-52)49(38-31-32-43-41-21-8-7-19-39(41)40-20-9-10-22-42(40)46(43)33-38)53(59-54)36-29-27-35(28-30-36)51-45-24-12-14-26-48(45)57-55(58-51)37-17-5-2-6-18-37/h1-33H. The maximum absolute atomic E-state index is 5.35. The number of pyridine rings is 1. The van der Waals surface area contributed by atoms with Gasteiger partial charge in [0.05, 0.1) is 27.1 Å². The number of hydrogen-bond acceptors (Lipinski definition) is 4. The maximum atomic E-state index is 5.35. The molecule has 0 saturated carbocycles. The SMILES string of the molecule is c1ccc(-c2nc(-c3ccc(-c4sc5c(-c6ccccc6)nc6ccccc6c5c4-c4ccc5c6ccccc6c6ccccc6c5c4)cc3)c3ccccc3n2)cc1. The van der Waals surface area contributed by atoms with Crippen molar-refractivity contribution in [1.29, 1.82) is 0 Å². The van der Waals surface area contributed by atoms with Crippen molar-refractivity contribution in [2.45, 2.75) is 0 Å². The van der Waals surface area contributed by atoms with Crippen LogP contribution < -0.4 is 0 Å². The first-order valence-corrected chi connectivity index (χ1v) is 20.8. The summed E-state index contributed by atoms with van der Waals surface area (Å²) in [7, 11) is 0. The van der Waals surface area contributed by atoms with E-state index in [9.17, 15) is 0 Å². The average molecular weight is 768 g/mol. The smallest absolute Gasteiger partial charge is 0.160 e. The van der Waals surface area contributed by atoms with Gasteiger partial charge in [-0.2, -0.15) is 0 Å². The number of hydrogen-bond donors (Lipinski definition) is 0. The van der Waals surface area contributed by atoms with Crippen molar-refractivity contribution < 1.29 is 0 Å². The van der Waals surface area contributed by atoms with Crippen LogP contribution in [0.4, 0.5) is 0 Å². The van der Waals surface area contributed by atoms with Gasteiger partial charge < -0.3 is 0 Å². The summed E-state index contributed by atoms with van der Waals surface area (Å²) in [5.74, 6) is 0.722. The largest absolute Gasteiger partial charge is 0.246 e. The number of aromatic nitrogens is 3. The lowest BCUT2D eigenvalue weighted by Gasteiger charge is -2.14. The van der Waals surface area contributed by atoms with Gasteiger partial charge in [0.2, 0.25) is 0 Å². The molecule has 0 spiro atoms. The minimum atomic E-state index is 0.722. The van der Waals surface area contributed by atoms with E-state index in [1.165, 1.54) is 58.4 Å². The quantitative estimate of drug-likeness (QED) is 0.164. The Morgan fingerprint density at radius 2 is 0.780 bits per heavy atom. The number of para-hydroxylation sites is 2. The van der Waals surface area contributed by atoms with Crippen molar-refractivity contribution in [3.8, 4) is 55.5 Å². The van der Waals surface area contributed by atoms with Crippen LogP contribution in [0.5, 0.6) is 0 Å². The number of nitrogens with zero attached hydrogens (tertiary/aromatic N) is 3. The summed E-state index contributed by atoms with van der Waals surface area (Å²) in [5.41, 5.74) is 10.6. The molecule has 9 aromatic carbocycles. The maximum Gasteiger partial charge on any atom is 0.160 e. The Bertz CT molecular complexity index is 3560. The van der Waals surface area contributed by atoms with E-state index in [0.717, 1.165) is 61.3 Å².